The molecule has 0 saturated carbocycles. The molecule has 5 heteroatoms. The number of hydrogen-bond acceptors (Lipinski definition) is 4. The molecule has 0 aliphatic carbocycles. The highest BCUT2D eigenvalue weighted by Crippen LogP contribution is 2.19. The average molecular weight is 269 g/mol. The number of ether oxygens (including phenoxy) is 1. The van der Waals surface area contributed by atoms with Crippen molar-refractivity contribution in [2.45, 2.75) is 19.2 Å². The Morgan fingerprint density at radius 1 is 1.47 bits per heavy atom. The van der Waals surface area contributed by atoms with E-state index < -0.39 is 0 Å². The quantitative estimate of drug-likeness (QED) is 0.781. The van der Waals surface area contributed by atoms with Crippen molar-refractivity contribution in [2.24, 2.45) is 0 Å². The third kappa shape index (κ3) is 3.17. The van der Waals surface area contributed by atoms with Gasteiger partial charge in [-0.15, -0.1) is 22.9 Å². The average Bonchev–Trinajstić information content (AvgIpc) is 2.76. The normalized spacial score (nSPS) is 10.5. The molecule has 2 aromatic heterocycles. The number of alkyl halides is 1. The van der Waals surface area contributed by atoms with Crippen LogP contribution in [-0.2, 0) is 12.3 Å². The summed E-state index contributed by atoms with van der Waals surface area (Å²) >= 11 is 7.47. The van der Waals surface area contributed by atoms with Crippen molar-refractivity contribution in [3.63, 3.8) is 0 Å². The van der Waals surface area contributed by atoms with Crippen LogP contribution in [0, 0.1) is 6.92 Å². The lowest BCUT2D eigenvalue weighted by Crippen LogP contribution is -2.03. The molecule has 2 heterocycles. The third-order valence-corrected chi connectivity index (χ3v) is 3.72. The zero-order valence-electron chi connectivity index (χ0n) is 9.52. The molecule has 0 radical (unpaired) electrons. The summed E-state index contributed by atoms with van der Waals surface area (Å²) in [5.41, 5.74) is 3.88. The molecule has 0 aromatic carbocycles. The van der Waals surface area contributed by atoms with Gasteiger partial charge in [0.05, 0.1) is 23.7 Å². The van der Waals surface area contributed by atoms with Gasteiger partial charge in [0.2, 0.25) is 0 Å². The molecule has 0 aliphatic heterocycles. The molecule has 0 fully saturated rings. The monoisotopic (exact) mass is 268 g/mol. The summed E-state index contributed by atoms with van der Waals surface area (Å²) in [6, 6.07) is 1.84. The van der Waals surface area contributed by atoms with Crippen LogP contribution >= 0.6 is 22.9 Å². The largest absolute Gasteiger partial charge is 0.493 e. The van der Waals surface area contributed by atoms with E-state index in [2.05, 4.69) is 9.97 Å². The second-order valence-corrected chi connectivity index (χ2v) is 4.78. The number of hydrogen-bond donors (Lipinski definition) is 0. The van der Waals surface area contributed by atoms with Crippen LogP contribution in [0.25, 0.3) is 0 Å². The van der Waals surface area contributed by atoms with E-state index >= 15 is 0 Å². The van der Waals surface area contributed by atoms with Crippen molar-refractivity contribution < 1.29 is 4.74 Å². The van der Waals surface area contributed by atoms with Gasteiger partial charge in [-0.1, -0.05) is 0 Å². The molecule has 17 heavy (non-hydrogen) atoms. The fourth-order valence-corrected chi connectivity index (χ4v) is 2.44. The van der Waals surface area contributed by atoms with Gasteiger partial charge in [0.1, 0.15) is 5.75 Å². The summed E-state index contributed by atoms with van der Waals surface area (Å²) in [6.45, 7) is 2.65. The predicted octanol–water partition coefficient (Wildman–Crippen LogP) is 3.21. The maximum Gasteiger partial charge on any atom is 0.126 e. The SMILES string of the molecule is Cc1ncsc1CCOc1ccncc1CCl. The highest BCUT2D eigenvalue weighted by molar-refractivity contribution is 7.09. The second-order valence-electron chi connectivity index (χ2n) is 3.58. The first kappa shape index (κ1) is 12.3. The van der Waals surface area contributed by atoms with Gasteiger partial charge in [-0.3, -0.25) is 4.98 Å². The zero-order chi connectivity index (χ0) is 12.1. The Kier molecular flexibility index (Phi) is 4.34. The van der Waals surface area contributed by atoms with Crippen molar-refractivity contribution in [2.75, 3.05) is 6.61 Å². The number of thiazole rings is 1. The van der Waals surface area contributed by atoms with E-state index in [-0.39, 0.29) is 0 Å². The Labute approximate surface area is 109 Å². The van der Waals surface area contributed by atoms with E-state index in [9.17, 15) is 0 Å². The first-order chi connectivity index (χ1) is 8.31. The summed E-state index contributed by atoms with van der Waals surface area (Å²) < 4.78 is 5.71. The van der Waals surface area contributed by atoms with Gasteiger partial charge >= 0.3 is 0 Å². The molecule has 0 amide bonds. The number of pyridine rings is 1. The van der Waals surface area contributed by atoms with Crippen LogP contribution in [0.3, 0.4) is 0 Å². The van der Waals surface area contributed by atoms with Crippen molar-refractivity contribution >= 4 is 22.9 Å². The minimum Gasteiger partial charge on any atom is -0.493 e. The molecule has 0 spiro atoms. The molecular weight excluding hydrogens is 256 g/mol. The van der Waals surface area contributed by atoms with Crippen molar-refractivity contribution in [1.82, 2.24) is 9.97 Å². The summed E-state index contributed by atoms with van der Waals surface area (Å²) in [4.78, 5) is 9.49. The lowest BCUT2D eigenvalue weighted by molar-refractivity contribution is 0.320. The van der Waals surface area contributed by atoms with Crippen LogP contribution < -0.4 is 4.74 Å². The third-order valence-electron chi connectivity index (χ3n) is 2.43. The molecule has 3 nitrogen and oxygen atoms in total. The first-order valence-electron chi connectivity index (χ1n) is 5.32. The maximum atomic E-state index is 5.81. The van der Waals surface area contributed by atoms with Gasteiger partial charge in [-0.25, -0.2) is 4.98 Å². The van der Waals surface area contributed by atoms with Gasteiger partial charge in [0.25, 0.3) is 0 Å². The van der Waals surface area contributed by atoms with E-state index in [1.165, 1.54) is 4.88 Å². The standard InChI is InChI=1S/C12H13ClN2OS/c1-9-12(17-8-15-9)3-5-16-11-2-4-14-7-10(11)6-13/h2,4,7-8H,3,5-6H2,1H3. The van der Waals surface area contributed by atoms with E-state index in [4.69, 9.17) is 16.3 Å². The number of nitrogens with zero attached hydrogens (tertiary/aromatic N) is 2. The number of aryl methyl sites for hydroxylation is 1. The molecule has 2 rings (SSSR count). The van der Waals surface area contributed by atoms with Crippen molar-refractivity contribution in [3.05, 3.63) is 40.1 Å². The minimum atomic E-state index is 0.419. The molecule has 0 aliphatic rings. The highest BCUT2D eigenvalue weighted by Gasteiger charge is 2.04. The first-order valence-corrected chi connectivity index (χ1v) is 6.73. The fourth-order valence-electron chi connectivity index (χ4n) is 1.48. The lowest BCUT2D eigenvalue weighted by atomic mass is 10.3. The van der Waals surface area contributed by atoms with E-state index in [1.807, 2.05) is 18.5 Å². The summed E-state index contributed by atoms with van der Waals surface area (Å²) in [5, 5.41) is 0. The summed E-state index contributed by atoms with van der Waals surface area (Å²) in [5.74, 6) is 1.24. The van der Waals surface area contributed by atoms with Crippen LogP contribution in [0.1, 0.15) is 16.1 Å². The smallest absolute Gasteiger partial charge is 0.126 e. The second kappa shape index (κ2) is 5.98. The Hall–Kier alpha value is -1.13. The zero-order valence-corrected chi connectivity index (χ0v) is 11.1. The van der Waals surface area contributed by atoms with Crippen LogP contribution in [0.4, 0.5) is 0 Å². The Balaban J connectivity index is 1.92. The summed E-state index contributed by atoms with van der Waals surface area (Å²) in [6.07, 6.45) is 4.32. The van der Waals surface area contributed by atoms with E-state index in [0.717, 1.165) is 23.4 Å². The van der Waals surface area contributed by atoms with Crippen LogP contribution in [0.15, 0.2) is 24.0 Å². The number of halogens is 1. The lowest BCUT2D eigenvalue weighted by Gasteiger charge is -2.08. The van der Waals surface area contributed by atoms with Gasteiger partial charge in [0.15, 0.2) is 0 Å². The Bertz CT molecular complexity index is 487. The topological polar surface area (TPSA) is 35.0 Å². The number of aromatic nitrogens is 2. The minimum absolute atomic E-state index is 0.419. The van der Waals surface area contributed by atoms with E-state index in [0.29, 0.717) is 12.5 Å². The molecular formula is C12H13ClN2OS. The van der Waals surface area contributed by atoms with Crippen LogP contribution in [-0.4, -0.2) is 16.6 Å². The summed E-state index contributed by atoms with van der Waals surface area (Å²) in [7, 11) is 0. The van der Waals surface area contributed by atoms with Gasteiger partial charge in [-0.2, -0.15) is 0 Å². The predicted molar refractivity (Wildman–Crippen MR) is 69.8 cm³/mol. The Morgan fingerprint density at radius 2 is 2.35 bits per heavy atom. The van der Waals surface area contributed by atoms with Gasteiger partial charge < -0.3 is 4.74 Å². The Morgan fingerprint density at radius 3 is 3.06 bits per heavy atom. The molecule has 2 aromatic rings. The van der Waals surface area contributed by atoms with Crippen LogP contribution in [0.2, 0.25) is 0 Å². The van der Waals surface area contributed by atoms with Gasteiger partial charge in [-0.05, 0) is 13.0 Å². The number of rotatable bonds is 5. The van der Waals surface area contributed by atoms with Gasteiger partial charge in [0, 0.05) is 29.3 Å². The van der Waals surface area contributed by atoms with Crippen molar-refractivity contribution in [1.29, 1.82) is 0 Å². The molecule has 90 valence electrons. The molecule has 0 bridgehead atoms. The van der Waals surface area contributed by atoms with Crippen molar-refractivity contribution in [3.8, 4) is 5.75 Å². The fraction of sp³-hybridized carbons (Fsp3) is 0.333. The maximum absolute atomic E-state index is 5.81. The molecule has 0 unspecified atom stereocenters. The van der Waals surface area contributed by atoms with E-state index in [1.54, 1.807) is 23.7 Å². The van der Waals surface area contributed by atoms with Crippen LogP contribution in [0.5, 0.6) is 5.75 Å². The molecule has 0 saturated heterocycles. The molecule has 0 atom stereocenters. The highest BCUT2D eigenvalue weighted by atomic mass is 35.5. The molecule has 0 N–H and O–H groups in total.